The highest BCUT2D eigenvalue weighted by atomic mass is 16.3. The third-order valence-corrected chi connectivity index (χ3v) is 4.34. The Labute approximate surface area is 91.1 Å². The Balaban J connectivity index is 2.11. The Hall–Kier alpha value is -0.820. The summed E-state index contributed by atoms with van der Waals surface area (Å²) < 4.78 is 0. The second-order valence-corrected chi connectivity index (χ2v) is 5.75. The van der Waals surface area contributed by atoms with E-state index in [1.165, 1.54) is 11.1 Å². The summed E-state index contributed by atoms with van der Waals surface area (Å²) in [6, 6.07) is 8.77. The average Bonchev–Trinajstić information content (AvgIpc) is 2.22. The molecule has 0 saturated heterocycles. The Morgan fingerprint density at radius 3 is 2.73 bits per heavy atom. The average molecular weight is 202 g/mol. The number of aliphatic hydroxyl groups excluding tert-OH is 1. The van der Waals surface area contributed by atoms with E-state index in [0.29, 0.717) is 11.8 Å². The maximum absolute atomic E-state index is 9.80. The fourth-order valence-electron chi connectivity index (χ4n) is 3.45. The first kappa shape index (κ1) is 9.41. The van der Waals surface area contributed by atoms with Gasteiger partial charge in [0.25, 0.3) is 0 Å². The fourth-order valence-corrected chi connectivity index (χ4v) is 3.45. The molecule has 1 aromatic carbocycles. The van der Waals surface area contributed by atoms with Crippen molar-refractivity contribution in [3.8, 4) is 0 Å². The number of benzene rings is 1. The first-order valence-electron chi connectivity index (χ1n) is 5.87. The van der Waals surface area contributed by atoms with Crippen molar-refractivity contribution in [2.24, 2.45) is 5.92 Å². The summed E-state index contributed by atoms with van der Waals surface area (Å²) >= 11 is 0. The van der Waals surface area contributed by atoms with Crippen LogP contribution >= 0.6 is 0 Å². The lowest BCUT2D eigenvalue weighted by atomic mass is 9.55. The Kier molecular flexibility index (Phi) is 1.79. The number of aliphatic hydroxyl groups is 1. The second-order valence-electron chi connectivity index (χ2n) is 5.75. The minimum Gasteiger partial charge on any atom is -0.393 e. The van der Waals surface area contributed by atoms with Gasteiger partial charge in [-0.25, -0.2) is 0 Å². The van der Waals surface area contributed by atoms with Crippen molar-refractivity contribution in [3.05, 3.63) is 35.4 Å². The van der Waals surface area contributed by atoms with Crippen LogP contribution in [0.5, 0.6) is 0 Å². The largest absolute Gasteiger partial charge is 0.393 e. The molecule has 0 aromatic heterocycles. The number of fused-ring (bicyclic) bond motifs is 3. The van der Waals surface area contributed by atoms with Crippen LogP contribution in [0, 0.1) is 5.92 Å². The van der Waals surface area contributed by atoms with Gasteiger partial charge < -0.3 is 5.11 Å². The molecule has 1 nitrogen and oxygen atoms in total. The zero-order chi connectivity index (χ0) is 10.6. The molecule has 0 spiro atoms. The first-order valence-corrected chi connectivity index (χ1v) is 5.87. The molecule has 0 amide bonds. The highest BCUT2D eigenvalue weighted by Crippen LogP contribution is 2.55. The lowest BCUT2D eigenvalue weighted by Crippen LogP contribution is -2.47. The van der Waals surface area contributed by atoms with Crippen molar-refractivity contribution in [1.29, 1.82) is 0 Å². The highest BCUT2D eigenvalue weighted by molar-refractivity contribution is 5.41. The summed E-state index contributed by atoms with van der Waals surface area (Å²) in [4.78, 5) is 0. The van der Waals surface area contributed by atoms with Crippen LogP contribution in [-0.4, -0.2) is 11.2 Å². The Bertz CT molecular complexity index is 394. The highest BCUT2D eigenvalue weighted by Gasteiger charge is 2.48. The molecule has 1 fully saturated rings. The van der Waals surface area contributed by atoms with Crippen molar-refractivity contribution in [3.63, 3.8) is 0 Å². The van der Waals surface area contributed by atoms with Crippen molar-refractivity contribution in [1.82, 2.24) is 0 Å². The van der Waals surface area contributed by atoms with E-state index in [4.69, 9.17) is 0 Å². The SMILES string of the molecule is CC1(C)CC2C(O)CC2c2ccccc21. The molecule has 1 aromatic rings. The maximum atomic E-state index is 9.80. The van der Waals surface area contributed by atoms with Crippen LogP contribution in [0.4, 0.5) is 0 Å². The van der Waals surface area contributed by atoms with Crippen LogP contribution in [-0.2, 0) is 5.41 Å². The van der Waals surface area contributed by atoms with Crippen LogP contribution in [0.15, 0.2) is 24.3 Å². The molecule has 1 saturated carbocycles. The van der Waals surface area contributed by atoms with Crippen molar-refractivity contribution in [2.45, 2.75) is 44.1 Å². The number of hydrogen-bond acceptors (Lipinski definition) is 1. The predicted octanol–water partition coefficient (Wildman–Crippen LogP) is 2.83. The van der Waals surface area contributed by atoms with Gasteiger partial charge in [0, 0.05) is 0 Å². The third-order valence-electron chi connectivity index (χ3n) is 4.34. The summed E-state index contributed by atoms with van der Waals surface area (Å²) in [6.07, 6.45) is 2.05. The van der Waals surface area contributed by atoms with E-state index in [0.717, 1.165) is 12.8 Å². The van der Waals surface area contributed by atoms with E-state index >= 15 is 0 Å². The lowest BCUT2D eigenvalue weighted by molar-refractivity contribution is -0.0215. The van der Waals surface area contributed by atoms with Crippen LogP contribution in [0.1, 0.15) is 43.7 Å². The van der Waals surface area contributed by atoms with Crippen molar-refractivity contribution in [2.75, 3.05) is 0 Å². The van der Waals surface area contributed by atoms with Gasteiger partial charge in [0.1, 0.15) is 0 Å². The molecule has 15 heavy (non-hydrogen) atoms. The Morgan fingerprint density at radius 2 is 2.00 bits per heavy atom. The van der Waals surface area contributed by atoms with Crippen LogP contribution in [0.2, 0.25) is 0 Å². The first-order chi connectivity index (χ1) is 7.09. The summed E-state index contributed by atoms with van der Waals surface area (Å²) in [6.45, 7) is 4.60. The quantitative estimate of drug-likeness (QED) is 0.686. The molecular weight excluding hydrogens is 184 g/mol. The van der Waals surface area contributed by atoms with Crippen LogP contribution in [0.25, 0.3) is 0 Å². The minimum atomic E-state index is -0.0531. The molecule has 2 aliphatic carbocycles. The molecule has 3 rings (SSSR count). The third kappa shape index (κ3) is 1.19. The summed E-state index contributed by atoms with van der Waals surface area (Å²) in [5.74, 6) is 1.14. The van der Waals surface area contributed by atoms with Crippen molar-refractivity contribution < 1.29 is 5.11 Å². The van der Waals surface area contributed by atoms with Crippen molar-refractivity contribution >= 4 is 0 Å². The van der Waals surface area contributed by atoms with E-state index in [1.807, 2.05) is 0 Å². The Morgan fingerprint density at radius 1 is 1.27 bits per heavy atom. The monoisotopic (exact) mass is 202 g/mol. The van der Waals surface area contributed by atoms with Crippen LogP contribution < -0.4 is 0 Å². The predicted molar refractivity (Wildman–Crippen MR) is 60.9 cm³/mol. The smallest absolute Gasteiger partial charge is 0.0580 e. The molecule has 0 radical (unpaired) electrons. The number of hydrogen-bond donors (Lipinski definition) is 1. The van der Waals surface area contributed by atoms with Gasteiger partial charge in [0.2, 0.25) is 0 Å². The molecule has 2 aliphatic rings. The van der Waals surface area contributed by atoms with Gasteiger partial charge in [-0.05, 0) is 41.2 Å². The normalized spacial score (nSPS) is 36.3. The van der Waals surface area contributed by atoms with E-state index in [-0.39, 0.29) is 11.5 Å². The molecular formula is C14H18O. The van der Waals surface area contributed by atoms with Gasteiger partial charge in [0.05, 0.1) is 6.10 Å². The molecule has 80 valence electrons. The van der Waals surface area contributed by atoms with Gasteiger partial charge in [0.15, 0.2) is 0 Å². The lowest BCUT2D eigenvalue weighted by Gasteiger charge is -2.51. The van der Waals surface area contributed by atoms with E-state index in [9.17, 15) is 5.11 Å². The zero-order valence-electron chi connectivity index (χ0n) is 9.40. The van der Waals surface area contributed by atoms with Gasteiger partial charge in [-0.2, -0.15) is 0 Å². The number of rotatable bonds is 0. The molecule has 3 atom stereocenters. The molecule has 1 N–H and O–H groups in total. The molecule has 3 unspecified atom stereocenters. The van der Waals surface area contributed by atoms with Gasteiger partial charge in [-0.1, -0.05) is 38.1 Å². The molecule has 0 bridgehead atoms. The van der Waals surface area contributed by atoms with E-state index in [2.05, 4.69) is 38.1 Å². The molecule has 0 aliphatic heterocycles. The minimum absolute atomic E-state index is 0.0531. The van der Waals surface area contributed by atoms with Gasteiger partial charge in [-0.15, -0.1) is 0 Å². The van der Waals surface area contributed by atoms with E-state index < -0.39 is 0 Å². The van der Waals surface area contributed by atoms with Gasteiger partial charge >= 0.3 is 0 Å². The zero-order valence-corrected chi connectivity index (χ0v) is 9.40. The standard InChI is InChI=1S/C14H18O/c1-14(2)8-11-10(7-13(11)15)9-5-3-4-6-12(9)14/h3-6,10-11,13,15H,7-8H2,1-2H3. The fraction of sp³-hybridized carbons (Fsp3) is 0.571. The van der Waals surface area contributed by atoms with Gasteiger partial charge in [-0.3, -0.25) is 0 Å². The van der Waals surface area contributed by atoms with E-state index in [1.54, 1.807) is 0 Å². The molecule has 1 heteroatoms. The molecule has 0 heterocycles. The summed E-state index contributed by atoms with van der Waals surface area (Å²) in [5, 5.41) is 9.80. The summed E-state index contributed by atoms with van der Waals surface area (Å²) in [7, 11) is 0. The van der Waals surface area contributed by atoms with Crippen LogP contribution in [0.3, 0.4) is 0 Å². The topological polar surface area (TPSA) is 20.2 Å². The summed E-state index contributed by atoms with van der Waals surface area (Å²) in [5.41, 5.74) is 3.22. The maximum Gasteiger partial charge on any atom is 0.0580 e. The second kappa shape index (κ2) is 2.85.